The van der Waals surface area contributed by atoms with Crippen molar-refractivity contribution in [2.45, 2.75) is 13.0 Å². The van der Waals surface area contributed by atoms with E-state index in [1.165, 1.54) is 0 Å². The lowest BCUT2D eigenvalue weighted by Gasteiger charge is -2.42. The molecule has 5 nitrogen and oxygen atoms in total. The van der Waals surface area contributed by atoms with Crippen LogP contribution in [-0.2, 0) is 4.79 Å². The van der Waals surface area contributed by atoms with E-state index < -0.39 is 0 Å². The number of aromatic nitrogens is 1. The van der Waals surface area contributed by atoms with Crippen molar-refractivity contribution in [3.63, 3.8) is 0 Å². The maximum atomic E-state index is 12.4. The Kier molecular flexibility index (Phi) is 5.46. The maximum absolute atomic E-state index is 12.4. The molecule has 1 atom stereocenters. The van der Waals surface area contributed by atoms with E-state index in [-0.39, 0.29) is 11.9 Å². The van der Waals surface area contributed by atoms with Crippen LogP contribution in [0.1, 0.15) is 6.92 Å². The van der Waals surface area contributed by atoms with Crippen molar-refractivity contribution in [3.8, 4) is 5.75 Å². The molecule has 2 aromatic carbocycles. The molecule has 6 heteroatoms. The van der Waals surface area contributed by atoms with Crippen LogP contribution in [0.4, 0.5) is 5.69 Å². The summed E-state index contributed by atoms with van der Waals surface area (Å²) in [5, 5.41) is 4.61. The van der Waals surface area contributed by atoms with Crippen LogP contribution < -0.4 is 10.1 Å². The van der Waals surface area contributed by atoms with Crippen molar-refractivity contribution in [1.29, 1.82) is 0 Å². The van der Waals surface area contributed by atoms with Crippen LogP contribution in [0.5, 0.6) is 5.75 Å². The number of para-hydroxylation sites is 1. The number of likely N-dealkylation sites (tertiary alicyclic amines) is 1. The molecule has 1 unspecified atom stereocenters. The summed E-state index contributed by atoms with van der Waals surface area (Å²) in [7, 11) is 0. The van der Waals surface area contributed by atoms with Crippen molar-refractivity contribution in [2.75, 3.05) is 25.0 Å². The fraction of sp³-hybridized carbons (Fsp3) is 0.273. The van der Waals surface area contributed by atoms with Gasteiger partial charge in [0.25, 0.3) is 0 Å². The molecule has 0 saturated carbocycles. The molecule has 2 heterocycles. The van der Waals surface area contributed by atoms with E-state index in [4.69, 9.17) is 16.3 Å². The fourth-order valence-electron chi connectivity index (χ4n) is 3.38. The molecule has 144 valence electrons. The Bertz CT molecular complexity index is 966. The third-order valence-electron chi connectivity index (χ3n) is 5.11. The number of pyridine rings is 1. The molecule has 4 rings (SSSR count). The van der Waals surface area contributed by atoms with Crippen molar-refractivity contribution in [3.05, 3.63) is 65.8 Å². The Morgan fingerprint density at radius 3 is 2.75 bits per heavy atom. The van der Waals surface area contributed by atoms with Crippen LogP contribution >= 0.6 is 11.6 Å². The summed E-state index contributed by atoms with van der Waals surface area (Å²) >= 11 is 5.88. The molecule has 1 aliphatic heterocycles. The van der Waals surface area contributed by atoms with Crippen LogP contribution in [-0.4, -0.2) is 41.5 Å². The summed E-state index contributed by atoms with van der Waals surface area (Å²) < 4.78 is 6.04. The van der Waals surface area contributed by atoms with Crippen LogP contribution in [0.25, 0.3) is 10.9 Å². The summed E-state index contributed by atoms with van der Waals surface area (Å²) in [4.78, 5) is 19.0. The van der Waals surface area contributed by atoms with Gasteiger partial charge in [0.05, 0.1) is 18.2 Å². The van der Waals surface area contributed by atoms with Gasteiger partial charge in [0.1, 0.15) is 5.75 Å². The zero-order valence-corrected chi connectivity index (χ0v) is 16.4. The van der Waals surface area contributed by atoms with Gasteiger partial charge in [0.15, 0.2) is 0 Å². The molecule has 1 aliphatic rings. The second-order valence-electron chi connectivity index (χ2n) is 7.13. The standard InChI is InChI=1S/C22H22ClN3O2/c1-15(22(27)25-18-8-6-17(23)7-9-18)26-12-16(13-26)14-28-21-10-11-24-20-5-3-2-4-19(20)21/h2-11,15-16H,12-14H2,1H3,(H,25,27). The number of nitrogens with zero attached hydrogens (tertiary/aromatic N) is 2. The summed E-state index contributed by atoms with van der Waals surface area (Å²) in [6.45, 7) is 4.26. The largest absolute Gasteiger partial charge is 0.492 e. The molecule has 1 N–H and O–H groups in total. The first-order valence-electron chi connectivity index (χ1n) is 9.37. The third kappa shape index (κ3) is 4.11. The van der Waals surface area contributed by atoms with Gasteiger partial charge >= 0.3 is 0 Å². The smallest absolute Gasteiger partial charge is 0.241 e. The van der Waals surface area contributed by atoms with Gasteiger partial charge in [-0.3, -0.25) is 14.7 Å². The first-order valence-corrected chi connectivity index (χ1v) is 9.75. The Balaban J connectivity index is 1.27. The number of anilines is 1. The number of hydrogen-bond donors (Lipinski definition) is 1. The molecular weight excluding hydrogens is 374 g/mol. The van der Waals surface area contributed by atoms with Gasteiger partial charge in [-0.25, -0.2) is 0 Å². The second-order valence-corrected chi connectivity index (χ2v) is 7.57. The molecule has 1 aromatic heterocycles. The SMILES string of the molecule is CC(C(=O)Nc1ccc(Cl)cc1)N1CC(COc2ccnc3ccccc23)C1. The van der Waals surface area contributed by atoms with E-state index >= 15 is 0 Å². The number of rotatable bonds is 6. The zero-order valence-electron chi connectivity index (χ0n) is 15.6. The molecular formula is C22H22ClN3O2. The van der Waals surface area contributed by atoms with Gasteiger partial charge in [0.2, 0.25) is 5.91 Å². The maximum Gasteiger partial charge on any atom is 0.241 e. The molecule has 0 bridgehead atoms. The lowest BCUT2D eigenvalue weighted by Crippen LogP contribution is -2.56. The first-order chi connectivity index (χ1) is 13.6. The average molecular weight is 396 g/mol. The lowest BCUT2D eigenvalue weighted by atomic mass is 9.98. The zero-order chi connectivity index (χ0) is 19.5. The van der Waals surface area contributed by atoms with Gasteiger partial charge in [-0.1, -0.05) is 23.7 Å². The lowest BCUT2D eigenvalue weighted by molar-refractivity contribution is -0.123. The number of halogens is 1. The predicted molar refractivity (Wildman–Crippen MR) is 112 cm³/mol. The topological polar surface area (TPSA) is 54.5 Å². The molecule has 3 aromatic rings. The summed E-state index contributed by atoms with van der Waals surface area (Å²) in [6.07, 6.45) is 1.77. The Labute approximate surface area is 169 Å². The highest BCUT2D eigenvalue weighted by atomic mass is 35.5. The van der Waals surface area contributed by atoms with E-state index in [1.807, 2.05) is 37.3 Å². The molecule has 0 radical (unpaired) electrons. The Morgan fingerprint density at radius 2 is 1.96 bits per heavy atom. The molecule has 1 amide bonds. The first kappa shape index (κ1) is 18.7. The van der Waals surface area contributed by atoms with E-state index in [2.05, 4.69) is 15.2 Å². The number of amides is 1. The van der Waals surface area contributed by atoms with Crippen LogP contribution in [0.15, 0.2) is 60.8 Å². The van der Waals surface area contributed by atoms with Crippen molar-refractivity contribution >= 4 is 34.1 Å². The summed E-state index contributed by atoms with van der Waals surface area (Å²) in [5.74, 6) is 1.26. The molecule has 1 fully saturated rings. The quantitative estimate of drug-likeness (QED) is 0.678. The number of hydrogen-bond acceptors (Lipinski definition) is 4. The van der Waals surface area contributed by atoms with E-state index in [1.54, 1.807) is 30.5 Å². The highest BCUT2D eigenvalue weighted by molar-refractivity contribution is 6.30. The second kappa shape index (κ2) is 8.17. The van der Waals surface area contributed by atoms with E-state index in [0.29, 0.717) is 17.5 Å². The average Bonchev–Trinajstić information content (AvgIpc) is 2.68. The van der Waals surface area contributed by atoms with Crippen LogP contribution in [0.3, 0.4) is 0 Å². The minimum atomic E-state index is -0.186. The van der Waals surface area contributed by atoms with Gasteiger partial charge < -0.3 is 10.1 Å². The minimum Gasteiger partial charge on any atom is -0.492 e. The van der Waals surface area contributed by atoms with Crippen molar-refractivity contribution < 1.29 is 9.53 Å². The van der Waals surface area contributed by atoms with Crippen molar-refractivity contribution in [1.82, 2.24) is 9.88 Å². The number of ether oxygens (including phenoxy) is 1. The number of fused-ring (bicyclic) bond motifs is 1. The predicted octanol–water partition coefficient (Wildman–Crippen LogP) is 4.23. The highest BCUT2D eigenvalue weighted by Gasteiger charge is 2.33. The molecule has 0 spiro atoms. The van der Waals surface area contributed by atoms with Crippen molar-refractivity contribution in [2.24, 2.45) is 5.92 Å². The summed E-state index contributed by atoms with van der Waals surface area (Å²) in [5.41, 5.74) is 1.69. The van der Waals surface area contributed by atoms with Gasteiger partial charge in [0, 0.05) is 41.3 Å². The number of carbonyl (C=O) groups is 1. The number of nitrogens with one attached hydrogen (secondary N) is 1. The molecule has 1 saturated heterocycles. The monoisotopic (exact) mass is 395 g/mol. The molecule has 0 aliphatic carbocycles. The van der Waals surface area contributed by atoms with Crippen LogP contribution in [0.2, 0.25) is 5.02 Å². The third-order valence-corrected chi connectivity index (χ3v) is 5.36. The summed E-state index contributed by atoms with van der Waals surface area (Å²) in [6, 6.07) is 16.8. The van der Waals surface area contributed by atoms with E-state index in [0.717, 1.165) is 35.4 Å². The van der Waals surface area contributed by atoms with Crippen LogP contribution in [0, 0.1) is 5.92 Å². The molecule has 28 heavy (non-hydrogen) atoms. The van der Waals surface area contributed by atoms with Gasteiger partial charge in [-0.05, 0) is 49.4 Å². The van der Waals surface area contributed by atoms with E-state index in [9.17, 15) is 4.79 Å². The Morgan fingerprint density at radius 1 is 1.21 bits per heavy atom. The minimum absolute atomic E-state index is 0.0122. The van der Waals surface area contributed by atoms with Gasteiger partial charge in [-0.2, -0.15) is 0 Å². The Hall–Kier alpha value is -2.63. The van der Waals surface area contributed by atoms with Gasteiger partial charge in [-0.15, -0.1) is 0 Å². The number of carbonyl (C=O) groups excluding carboxylic acids is 1. The normalized spacial score (nSPS) is 15.8. The number of benzene rings is 2. The fourth-order valence-corrected chi connectivity index (χ4v) is 3.51. The highest BCUT2D eigenvalue weighted by Crippen LogP contribution is 2.26.